The minimum absolute atomic E-state index is 0.0957. The first-order valence-corrected chi connectivity index (χ1v) is 7.93. The average Bonchev–Trinajstić information content (AvgIpc) is 2.41. The summed E-state index contributed by atoms with van der Waals surface area (Å²) in [7, 11) is -3.69. The van der Waals surface area contributed by atoms with Crippen molar-refractivity contribution in [3.05, 3.63) is 47.0 Å². The summed E-state index contributed by atoms with van der Waals surface area (Å²) in [5, 5.41) is 0. The normalized spacial score (nSPS) is 11.6. The molecule has 2 aromatic rings. The number of rotatable bonds is 4. The Kier molecular flexibility index (Phi) is 4.24. The van der Waals surface area contributed by atoms with Crippen molar-refractivity contribution in [1.29, 1.82) is 0 Å². The average molecular weight is 306 g/mol. The van der Waals surface area contributed by atoms with Crippen LogP contribution in [0.3, 0.4) is 0 Å². The third-order valence-corrected chi connectivity index (χ3v) is 4.76. The van der Waals surface area contributed by atoms with Crippen LogP contribution in [0, 0.1) is 20.8 Å². The standard InChI is InChI=1S/C14H18N4O2S/c1-9-4-5-10(2)14(13(9)15)21(19,20)17-8-12-6-7-16-11(3)18-12/h4-7,17H,8,15H2,1-3H3. The molecule has 112 valence electrons. The molecule has 1 aromatic heterocycles. The number of aromatic nitrogens is 2. The predicted molar refractivity (Wildman–Crippen MR) is 81.1 cm³/mol. The molecule has 1 heterocycles. The largest absolute Gasteiger partial charge is 0.397 e. The summed E-state index contributed by atoms with van der Waals surface area (Å²) >= 11 is 0. The van der Waals surface area contributed by atoms with E-state index in [1.54, 1.807) is 45.2 Å². The Morgan fingerprint density at radius 1 is 1.14 bits per heavy atom. The molecule has 0 saturated heterocycles. The van der Waals surface area contributed by atoms with E-state index < -0.39 is 10.0 Å². The fourth-order valence-corrected chi connectivity index (χ4v) is 3.43. The molecule has 0 saturated carbocycles. The minimum Gasteiger partial charge on any atom is -0.397 e. The molecule has 2 rings (SSSR count). The van der Waals surface area contributed by atoms with Gasteiger partial charge in [-0.25, -0.2) is 23.1 Å². The molecule has 0 atom stereocenters. The highest BCUT2D eigenvalue weighted by Gasteiger charge is 2.21. The lowest BCUT2D eigenvalue weighted by molar-refractivity contribution is 0.580. The first kappa shape index (κ1) is 15.4. The van der Waals surface area contributed by atoms with Gasteiger partial charge in [0.1, 0.15) is 10.7 Å². The van der Waals surface area contributed by atoms with E-state index in [1.165, 1.54) is 0 Å². The second-order valence-electron chi connectivity index (χ2n) is 4.86. The SMILES string of the molecule is Cc1nccc(CNS(=O)(=O)c2c(C)ccc(C)c2N)n1. The number of hydrogen-bond acceptors (Lipinski definition) is 5. The van der Waals surface area contributed by atoms with Crippen molar-refractivity contribution in [3.8, 4) is 0 Å². The highest BCUT2D eigenvalue weighted by atomic mass is 32.2. The highest BCUT2D eigenvalue weighted by molar-refractivity contribution is 7.89. The van der Waals surface area contributed by atoms with E-state index in [-0.39, 0.29) is 17.1 Å². The molecule has 0 aliphatic heterocycles. The van der Waals surface area contributed by atoms with Crippen LogP contribution < -0.4 is 10.5 Å². The van der Waals surface area contributed by atoms with Crippen LogP contribution in [-0.2, 0) is 16.6 Å². The van der Waals surface area contributed by atoms with Gasteiger partial charge in [-0.1, -0.05) is 12.1 Å². The Morgan fingerprint density at radius 3 is 2.48 bits per heavy atom. The molecule has 0 spiro atoms. The Hall–Kier alpha value is -1.99. The third-order valence-electron chi connectivity index (χ3n) is 3.16. The summed E-state index contributed by atoms with van der Waals surface area (Å²) in [5.41, 5.74) is 8.15. The van der Waals surface area contributed by atoms with Gasteiger partial charge in [0.05, 0.1) is 17.9 Å². The molecule has 7 heteroatoms. The second kappa shape index (κ2) is 5.79. The van der Waals surface area contributed by atoms with Crippen LogP contribution in [-0.4, -0.2) is 18.4 Å². The first-order valence-electron chi connectivity index (χ1n) is 6.45. The molecule has 0 unspecified atom stereocenters. The van der Waals surface area contributed by atoms with Gasteiger partial charge in [0.2, 0.25) is 10.0 Å². The van der Waals surface area contributed by atoms with Gasteiger partial charge in [0.15, 0.2) is 0 Å². The van der Waals surface area contributed by atoms with Gasteiger partial charge in [-0.05, 0) is 38.0 Å². The maximum Gasteiger partial charge on any atom is 0.243 e. The van der Waals surface area contributed by atoms with E-state index in [0.29, 0.717) is 17.1 Å². The van der Waals surface area contributed by atoms with Crippen LogP contribution in [0.15, 0.2) is 29.3 Å². The van der Waals surface area contributed by atoms with Gasteiger partial charge < -0.3 is 5.73 Å². The predicted octanol–water partition coefficient (Wildman–Crippen LogP) is 1.46. The van der Waals surface area contributed by atoms with Crippen molar-refractivity contribution in [3.63, 3.8) is 0 Å². The number of nitrogens with two attached hydrogens (primary N) is 1. The van der Waals surface area contributed by atoms with Gasteiger partial charge >= 0.3 is 0 Å². The Bertz CT molecular complexity index is 773. The van der Waals surface area contributed by atoms with Crippen molar-refractivity contribution in [1.82, 2.24) is 14.7 Å². The molecule has 0 aliphatic carbocycles. The third kappa shape index (κ3) is 3.37. The van der Waals surface area contributed by atoms with E-state index in [9.17, 15) is 8.42 Å². The maximum atomic E-state index is 12.4. The van der Waals surface area contributed by atoms with Gasteiger partial charge in [-0.2, -0.15) is 0 Å². The zero-order valence-electron chi connectivity index (χ0n) is 12.2. The maximum absolute atomic E-state index is 12.4. The van der Waals surface area contributed by atoms with Gasteiger partial charge in [-0.15, -0.1) is 0 Å². The van der Waals surface area contributed by atoms with Gasteiger partial charge in [-0.3, -0.25) is 0 Å². The van der Waals surface area contributed by atoms with Crippen molar-refractivity contribution in [2.45, 2.75) is 32.2 Å². The summed E-state index contributed by atoms with van der Waals surface area (Å²) < 4.78 is 27.4. The number of anilines is 1. The molecule has 0 bridgehead atoms. The fraction of sp³-hybridized carbons (Fsp3) is 0.286. The number of aryl methyl sites for hydroxylation is 3. The van der Waals surface area contributed by atoms with Crippen molar-refractivity contribution in [2.24, 2.45) is 0 Å². The molecule has 0 radical (unpaired) electrons. The molecule has 0 aliphatic rings. The van der Waals surface area contributed by atoms with E-state index in [2.05, 4.69) is 14.7 Å². The van der Waals surface area contributed by atoms with Crippen molar-refractivity contribution < 1.29 is 8.42 Å². The van der Waals surface area contributed by atoms with Crippen LogP contribution in [0.2, 0.25) is 0 Å². The van der Waals surface area contributed by atoms with E-state index in [1.807, 2.05) is 0 Å². The monoisotopic (exact) mass is 306 g/mol. The smallest absolute Gasteiger partial charge is 0.243 e. The molecular weight excluding hydrogens is 288 g/mol. The van der Waals surface area contributed by atoms with Crippen molar-refractivity contribution in [2.75, 3.05) is 5.73 Å². The summed E-state index contributed by atoms with van der Waals surface area (Å²) in [6.45, 7) is 5.35. The second-order valence-corrected chi connectivity index (χ2v) is 6.57. The number of benzene rings is 1. The molecule has 0 fully saturated rings. The Balaban J connectivity index is 2.29. The fourth-order valence-electron chi connectivity index (χ4n) is 2.01. The van der Waals surface area contributed by atoms with E-state index in [4.69, 9.17) is 5.73 Å². The summed E-state index contributed by atoms with van der Waals surface area (Å²) in [4.78, 5) is 8.27. The molecule has 1 aromatic carbocycles. The summed E-state index contributed by atoms with van der Waals surface area (Å²) in [6, 6.07) is 5.22. The number of hydrogen-bond donors (Lipinski definition) is 2. The van der Waals surface area contributed by atoms with Crippen LogP contribution in [0.1, 0.15) is 22.6 Å². The Labute approximate surface area is 124 Å². The lowest BCUT2D eigenvalue weighted by Gasteiger charge is -2.13. The molecule has 3 N–H and O–H groups in total. The zero-order valence-corrected chi connectivity index (χ0v) is 13.0. The summed E-state index contributed by atoms with van der Waals surface area (Å²) in [5.74, 6) is 0.595. The first-order chi connectivity index (χ1) is 9.81. The van der Waals surface area contributed by atoms with Gasteiger partial charge in [0, 0.05) is 6.20 Å². The van der Waals surface area contributed by atoms with Crippen LogP contribution in [0.4, 0.5) is 5.69 Å². The molecule has 6 nitrogen and oxygen atoms in total. The molecule has 0 amide bonds. The van der Waals surface area contributed by atoms with Gasteiger partial charge in [0.25, 0.3) is 0 Å². The van der Waals surface area contributed by atoms with E-state index in [0.717, 1.165) is 5.56 Å². The molecule has 21 heavy (non-hydrogen) atoms. The van der Waals surface area contributed by atoms with Crippen LogP contribution >= 0.6 is 0 Å². The van der Waals surface area contributed by atoms with E-state index >= 15 is 0 Å². The van der Waals surface area contributed by atoms with Crippen LogP contribution in [0.5, 0.6) is 0 Å². The summed E-state index contributed by atoms with van der Waals surface area (Å²) in [6.07, 6.45) is 1.60. The number of nitrogens with one attached hydrogen (secondary N) is 1. The topological polar surface area (TPSA) is 98.0 Å². The molecular formula is C14H18N4O2S. The minimum atomic E-state index is -3.69. The number of sulfonamides is 1. The zero-order chi connectivity index (χ0) is 15.6. The highest BCUT2D eigenvalue weighted by Crippen LogP contribution is 2.25. The van der Waals surface area contributed by atoms with Crippen molar-refractivity contribution >= 4 is 15.7 Å². The lowest BCUT2D eigenvalue weighted by Crippen LogP contribution is -2.25. The quantitative estimate of drug-likeness (QED) is 0.833. The number of nitrogens with zero attached hydrogens (tertiary/aromatic N) is 2. The number of nitrogen functional groups attached to an aromatic ring is 1. The van der Waals surface area contributed by atoms with Crippen LogP contribution in [0.25, 0.3) is 0 Å². The lowest BCUT2D eigenvalue weighted by atomic mass is 10.1. The Morgan fingerprint density at radius 2 is 1.81 bits per heavy atom.